The van der Waals surface area contributed by atoms with E-state index >= 15 is 0 Å². The van der Waals surface area contributed by atoms with Gasteiger partial charge in [0.1, 0.15) is 5.69 Å². The number of ether oxygens (including phenoxy) is 1. The van der Waals surface area contributed by atoms with E-state index in [1.807, 2.05) is 18.2 Å². The molecule has 1 aromatic carbocycles. The molecule has 1 aliphatic heterocycles. The monoisotopic (exact) mass is 369 g/mol. The van der Waals surface area contributed by atoms with Gasteiger partial charge in [-0.15, -0.1) is 0 Å². The second-order valence-electron chi connectivity index (χ2n) is 7.26. The Morgan fingerprint density at radius 1 is 1.19 bits per heavy atom. The summed E-state index contributed by atoms with van der Waals surface area (Å²) in [5, 5.41) is 2.94. The van der Waals surface area contributed by atoms with Crippen LogP contribution in [-0.2, 0) is 17.8 Å². The molecule has 3 rings (SSSR count). The molecule has 144 valence electrons. The van der Waals surface area contributed by atoms with Gasteiger partial charge in [-0.2, -0.15) is 0 Å². The number of ketones is 1. The van der Waals surface area contributed by atoms with E-state index in [0.717, 1.165) is 25.2 Å². The van der Waals surface area contributed by atoms with E-state index in [0.29, 0.717) is 17.8 Å². The van der Waals surface area contributed by atoms with Crippen molar-refractivity contribution in [1.82, 2.24) is 15.2 Å². The van der Waals surface area contributed by atoms with Gasteiger partial charge in [0, 0.05) is 37.9 Å². The van der Waals surface area contributed by atoms with Gasteiger partial charge < -0.3 is 15.0 Å². The molecule has 1 fully saturated rings. The molecule has 2 N–H and O–H groups in total. The van der Waals surface area contributed by atoms with E-state index in [-0.39, 0.29) is 23.9 Å². The smallest absolute Gasteiger partial charge is 0.267 e. The molecule has 0 spiro atoms. The van der Waals surface area contributed by atoms with Crippen LogP contribution in [0, 0.1) is 0 Å². The molecule has 0 bridgehead atoms. The Balaban J connectivity index is 1.63. The van der Waals surface area contributed by atoms with Crippen molar-refractivity contribution in [2.75, 3.05) is 13.1 Å². The van der Waals surface area contributed by atoms with Crippen LogP contribution in [0.1, 0.15) is 52.7 Å². The number of hydrogen-bond acceptors (Lipinski definition) is 4. The van der Waals surface area contributed by atoms with Gasteiger partial charge in [0.05, 0.1) is 12.2 Å². The standard InChI is InChI=1S/C21H27N3O3/c1-14-11-24(12-15(2)27-14)13-18-7-5-4-6-17(18)9-23-21(26)20-8-19(10-22-20)16(3)25/h4-8,10,14-15,22H,9,11-13H2,1-3H3,(H,23,26). The number of rotatable bonds is 6. The fraction of sp³-hybridized carbons (Fsp3) is 0.429. The maximum Gasteiger partial charge on any atom is 0.267 e. The molecule has 6 nitrogen and oxygen atoms in total. The van der Waals surface area contributed by atoms with Crippen LogP contribution >= 0.6 is 0 Å². The van der Waals surface area contributed by atoms with Gasteiger partial charge in [-0.1, -0.05) is 24.3 Å². The van der Waals surface area contributed by atoms with E-state index in [1.54, 1.807) is 12.3 Å². The first-order valence-corrected chi connectivity index (χ1v) is 9.34. The largest absolute Gasteiger partial charge is 0.373 e. The summed E-state index contributed by atoms with van der Waals surface area (Å²) >= 11 is 0. The van der Waals surface area contributed by atoms with Crippen molar-refractivity contribution in [3.8, 4) is 0 Å². The zero-order valence-electron chi connectivity index (χ0n) is 16.1. The minimum absolute atomic E-state index is 0.0652. The molecule has 2 aromatic rings. The second kappa shape index (κ2) is 8.50. The molecular formula is C21H27N3O3. The number of morpholine rings is 1. The molecule has 2 atom stereocenters. The average Bonchev–Trinajstić information content (AvgIpc) is 3.10. The van der Waals surface area contributed by atoms with E-state index in [4.69, 9.17) is 4.74 Å². The highest BCUT2D eigenvalue weighted by atomic mass is 16.5. The summed E-state index contributed by atoms with van der Waals surface area (Å²) in [6.45, 7) is 8.76. The van der Waals surface area contributed by atoms with Crippen LogP contribution in [0.15, 0.2) is 36.5 Å². The van der Waals surface area contributed by atoms with Crippen LogP contribution in [0.3, 0.4) is 0 Å². The van der Waals surface area contributed by atoms with Crippen LogP contribution in [0.2, 0.25) is 0 Å². The molecule has 6 heteroatoms. The number of Topliss-reactive ketones (excluding diaryl/α,β-unsaturated/α-hetero) is 1. The van der Waals surface area contributed by atoms with Crippen molar-refractivity contribution in [2.24, 2.45) is 0 Å². The van der Waals surface area contributed by atoms with Crippen molar-refractivity contribution < 1.29 is 14.3 Å². The third kappa shape index (κ3) is 5.05. The first-order valence-electron chi connectivity index (χ1n) is 9.34. The Morgan fingerprint density at radius 2 is 1.85 bits per heavy atom. The number of aromatic amines is 1. The van der Waals surface area contributed by atoms with Crippen molar-refractivity contribution in [1.29, 1.82) is 0 Å². The van der Waals surface area contributed by atoms with Crippen LogP contribution in [0.5, 0.6) is 0 Å². The number of aromatic nitrogens is 1. The van der Waals surface area contributed by atoms with E-state index < -0.39 is 0 Å². The number of carbonyl (C=O) groups is 2. The zero-order chi connectivity index (χ0) is 19.4. The predicted molar refractivity (Wildman–Crippen MR) is 104 cm³/mol. The van der Waals surface area contributed by atoms with Gasteiger partial charge in [-0.3, -0.25) is 14.5 Å². The summed E-state index contributed by atoms with van der Waals surface area (Å²) in [5.74, 6) is -0.282. The Kier molecular flexibility index (Phi) is 6.08. The Labute approximate surface area is 159 Å². The first-order chi connectivity index (χ1) is 12.9. The molecule has 1 aliphatic rings. The lowest BCUT2D eigenvalue weighted by molar-refractivity contribution is -0.0705. The van der Waals surface area contributed by atoms with Gasteiger partial charge in [0.25, 0.3) is 5.91 Å². The maximum absolute atomic E-state index is 12.4. The van der Waals surface area contributed by atoms with Gasteiger partial charge in [0.2, 0.25) is 0 Å². The molecule has 0 saturated carbocycles. The highest BCUT2D eigenvalue weighted by Gasteiger charge is 2.22. The van der Waals surface area contributed by atoms with Crippen molar-refractivity contribution >= 4 is 11.7 Å². The number of nitrogens with one attached hydrogen (secondary N) is 2. The van der Waals surface area contributed by atoms with Gasteiger partial charge in [0.15, 0.2) is 5.78 Å². The number of H-pyrrole nitrogens is 1. The summed E-state index contributed by atoms with van der Waals surface area (Å²) in [6, 6.07) is 9.74. The van der Waals surface area contributed by atoms with Gasteiger partial charge >= 0.3 is 0 Å². The number of benzene rings is 1. The average molecular weight is 369 g/mol. The lowest BCUT2D eigenvalue weighted by atomic mass is 10.1. The molecular weight excluding hydrogens is 342 g/mol. The summed E-state index contributed by atoms with van der Waals surface area (Å²) < 4.78 is 5.80. The molecule has 2 unspecified atom stereocenters. The third-order valence-corrected chi connectivity index (χ3v) is 4.78. The molecule has 27 heavy (non-hydrogen) atoms. The van der Waals surface area contributed by atoms with Crippen molar-refractivity contribution in [3.63, 3.8) is 0 Å². The first kappa shape index (κ1) is 19.3. The number of carbonyl (C=O) groups excluding carboxylic acids is 2. The normalized spacial score (nSPS) is 20.4. The number of hydrogen-bond donors (Lipinski definition) is 2. The van der Waals surface area contributed by atoms with Crippen LogP contribution in [-0.4, -0.2) is 46.9 Å². The minimum atomic E-state index is -0.217. The van der Waals surface area contributed by atoms with E-state index in [1.165, 1.54) is 12.5 Å². The van der Waals surface area contributed by atoms with Gasteiger partial charge in [-0.25, -0.2) is 0 Å². The Morgan fingerprint density at radius 3 is 2.48 bits per heavy atom. The second-order valence-corrected chi connectivity index (χ2v) is 7.26. The number of nitrogens with zero attached hydrogens (tertiary/aromatic N) is 1. The van der Waals surface area contributed by atoms with Crippen LogP contribution in [0.4, 0.5) is 0 Å². The molecule has 1 amide bonds. The van der Waals surface area contributed by atoms with E-state index in [2.05, 4.69) is 35.1 Å². The molecule has 1 saturated heterocycles. The van der Waals surface area contributed by atoms with Crippen LogP contribution < -0.4 is 5.32 Å². The third-order valence-electron chi connectivity index (χ3n) is 4.78. The summed E-state index contributed by atoms with van der Waals surface area (Å²) in [5.41, 5.74) is 3.20. The topological polar surface area (TPSA) is 74.4 Å². The summed E-state index contributed by atoms with van der Waals surface area (Å²) in [7, 11) is 0. The fourth-order valence-electron chi connectivity index (χ4n) is 3.54. The van der Waals surface area contributed by atoms with Crippen LogP contribution in [0.25, 0.3) is 0 Å². The Bertz CT molecular complexity index is 805. The predicted octanol–water partition coefficient (Wildman–Crippen LogP) is 2.76. The summed E-state index contributed by atoms with van der Waals surface area (Å²) in [4.78, 5) is 29.0. The quantitative estimate of drug-likeness (QED) is 0.768. The fourth-order valence-corrected chi connectivity index (χ4v) is 3.54. The minimum Gasteiger partial charge on any atom is -0.373 e. The van der Waals surface area contributed by atoms with Gasteiger partial charge in [-0.05, 0) is 38.0 Å². The Hall–Kier alpha value is -2.44. The highest BCUT2D eigenvalue weighted by molar-refractivity contribution is 5.99. The number of amides is 1. The summed E-state index contributed by atoms with van der Waals surface area (Å²) in [6.07, 6.45) is 2.01. The van der Waals surface area contributed by atoms with Crippen molar-refractivity contribution in [2.45, 2.75) is 46.1 Å². The SMILES string of the molecule is CC(=O)c1c[nH]c(C(=O)NCc2ccccc2CN2CC(C)OC(C)C2)c1. The molecule has 2 heterocycles. The molecule has 0 radical (unpaired) electrons. The lowest BCUT2D eigenvalue weighted by Gasteiger charge is -2.35. The zero-order valence-corrected chi connectivity index (χ0v) is 16.1. The maximum atomic E-state index is 12.4. The lowest BCUT2D eigenvalue weighted by Crippen LogP contribution is -2.45. The highest BCUT2D eigenvalue weighted by Crippen LogP contribution is 2.17. The van der Waals surface area contributed by atoms with E-state index in [9.17, 15) is 9.59 Å². The van der Waals surface area contributed by atoms with Crippen molar-refractivity contribution in [3.05, 3.63) is 58.9 Å². The molecule has 0 aliphatic carbocycles. The molecule has 1 aromatic heterocycles.